The second kappa shape index (κ2) is 12.7. The Balaban J connectivity index is 1.07. The number of rotatable bonds is 7. The molecule has 0 unspecified atom stereocenters. The Morgan fingerprint density at radius 1 is 0.426 bits per heavy atom. The highest BCUT2D eigenvalue weighted by atomic mass is 16.5. The molecule has 0 saturated carbocycles. The maximum Gasteiger partial charge on any atom is 0.162 e. The standard InChI is InChI=1S/C45H31N7O2/c1-28-11-17-43(47-24-28)51-39-9-5-3-7-35(39)37-15-13-31(22-41(37)51)53-33-19-30(45-49-26-46-27-50-45)20-34(21-33)54-32-14-16-38-36-8-4-6-10-40(36)52(42(38)23-32)44-18-12-29(2)25-48-44/h3-27H,1-2H3. The van der Waals surface area contributed by atoms with Crippen molar-refractivity contribution in [2.45, 2.75) is 13.8 Å². The molecule has 10 rings (SSSR count). The summed E-state index contributed by atoms with van der Waals surface area (Å²) in [6.07, 6.45) is 6.74. The van der Waals surface area contributed by atoms with Gasteiger partial charge in [0.15, 0.2) is 5.82 Å². The first-order valence-corrected chi connectivity index (χ1v) is 17.6. The van der Waals surface area contributed by atoms with E-state index < -0.39 is 0 Å². The lowest BCUT2D eigenvalue weighted by molar-refractivity contribution is 0.461. The van der Waals surface area contributed by atoms with Crippen LogP contribution in [0.25, 0.3) is 66.6 Å². The van der Waals surface area contributed by atoms with Crippen molar-refractivity contribution in [3.8, 4) is 46.0 Å². The molecule has 0 aliphatic carbocycles. The number of nitrogens with zero attached hydrogens (tertiary/aromatic N) is 7. The van der Waals surface area contributed by atoms with Crippen LogP contribution in [0, 0.1) is 13.8 Å². The summed E-state index contributed by atoms with van der Waals surface area (Å²) in [6.45, 7) is 4.08. The van der Waals surface area contributed by atoms with Crippen LogP contribution in [-0.4, -0.2) is 34.1 Å². The molecule has 5 aromatic heterocycles. The molecule has 54 heavy (non-hydrogen) atoms. The lowest BCUT2D eigenvalue weighted by atomic mass is 10.1. The van der Waals surface area contributed by atoms with Crippen molar-refractivity contribution in [3.63, 3.8) is 0 Å². The highest BCUT2D eigenvalue weighted by molar-refractivity contribution is 6.10. The summed E-state index contributed by atoms with van der Waals surface area (Å²) < 4.78 is 17.6. The van der Waals surface area contributed by atoms with Gasteiger partial charge in [-0.25, -0.2) is 24.9 Å². The highest BCUT2D eigenvalue weighted by Gasteiger charge is 2.17. The van der Waals surface area contributed by atoms with Crippen molar-refractivity contribution in [1.29, 1.82) is 0 Å². The van der Waals surface area contributed by atoms with Gasteiger partial charge in [0.1, 0.15) is 47.3 Å². The lowest BCUT2D eigenvalue weighted by Gasteiger charge is -2.13. The zero-order valence-corrected chi connectivity index (χ0v) is 29.4. The molecular weight excluding hydrogens is 671 g/mol. The minimum absolute atomic E-state index is 0.502. The third-order valence-corrected chi connectivity index (χ3v) is 9.64. The van der Waals surface area contributed by atoms with Crippen molar-refractivity contribution in [1.82, 2.24) is 34.1 Å². The molecular formula is C45H31N7O2. The number of pyridine rings is 2. The third-order valence-electron chi connectivity index (χ3n) is 9.64. The zero-order chi connectivity index (χ0) is 36.2. The quantitative estimate of drug-likeness (QED) is 0.163. The summed E-state index contributed by atoms with van der Waals surface area (Å²) in [5.74, 6) is 4.64. The minimum atomic E-state index is 0.502. The molecule has 5 heterocycles. The fourth-order valence-corrected chi connectivity index (χ4v) is 7.19. The fraction of sp³-hybridized carbons (Fsp3) is 0.0444. The molecule has 0 amide bonds. The second-order valence-corrected chi connectivity index (χ2v) is 13.3. The first-order valence-electron chi connectivity index (χ1n) is 17.6. The summed E-state index contributed by atoms with van der Waals surface area (Å²) in [5, 5.41) is 4.50. The van der Waals surface area contributed by atoms with E-state index in [-0.39, 0.29) is 0 Å². The minimum Gasteiger partial charge on any atom is -0.457 e. The number of benzene rings is 5. The number of fused-ring (bicyclic) bond motifs is 6. The number of aromatic nitrogens is 7. The molecule has 0 radical (unpaired) electrons. The van der Waals surface area contributed by atoms with Crippen molar-refractivity contribution in [3.05, 3.63) is 164 Å². The average molecular weight is 702 g/mol. The summed E-state index contributed by atoms with van der Waals surface area (Å²) in [5.41, 5.74) is 7.05. The normalized spacial score (nSPS) is 11.5. The average Bonchev–Trinajstić information content (AvgIpc) is 3.71. The monoisotopic (exact) mass is 701 g/mol. The van der Waals surface area contributed by atoms with Gasteiger partial charge in [-0.3, -0.25) is 9.13 Å². The van der Waals surface area contributed by atoms with Crippen LogP contribution in [0.1, 0.15) is 11.1 Å². The number of hydrogen-bond donors (Lipinski definition) is 0. The van der Waals surface area contributed by atoms with E-state index in [9.17, 15) is 0 Å². The largest absolute Gasteiger partial charge is 0.457 e. The Hall–Kier alpha value is -7.39. The van der Waals surface area contributed by atoms with Gasteiger partial charge in [0.25, 0.3) is 0 Å². The molecule has 0 spiro atoms. The zero-order valence-electron chi connectivity index (χ0n) is 29.4. The second-order valence-electron chi connectivity index (χ2n) is 13.3. The molecule has 0 aliphatic heterocycles. The molecule has 9 heteroatoms. The van der Waals surface area contributed by atoms with Gasteiger partial charge in [-0.2, -0.15) is 0 Å². The Morgan fingerprint density at radius 3 is 1.39 bits per heavy atom. The van der Waals surface area contributed by atoms with Crippen molar-refractivity contribution in [2.75, 3.05) is 0 Å². The smallest absolute Gasteiger partial charge is 0.162 e. The van der Waals surface area contributed by atoms with Crippen molar-refractivity contribution in [2.24, 2.45) is 0 Å². The molecule has 9 nitrogen and oxygen atoms in total. The van der Waals surface area contributed by atoms with Crippen molar-refractivity contribution < 1.29 is 9.47 Å². The van der Waals surface area contributed by atoms with E-state index in [0.29, 0.717) is 28.8 Å². The van der Waals surface area contributed by atoms with Crippen LogP contribution in [0.15, 0.2) is 152 Å². The molecule has 0 bridgehead atoms. The van der Waals surface area contributed by atoms with Gasteiger partial charge >= 0.3 is 0 Å². The molecule has 10 aromatic rings. The predicted octanol–water partition coefficient (Wildman–Crippen LogP) is 10.7. The SMILES string of the molecule is Cc1ccc(-n2c3ccccc3c3ccc(Oc4cc(Oc5ccc6c7ccccc7n(-c7ccc(C)cn7)c6c5)cc(-c5ncncn5)c4)cc32)nc1. The van der Waals surface area contributed by atoms with Gasteiger partial charge in [0, 0.05) is 57.7 Å². The van der Waals surface area contributed by atoms with Crippen LogP contribution in [0.4, 0.5) is 0 Å². The first kappa shape index (κ1) is 31.4. The van der Waals surface area contributed by atoms with E-state index in [1.54, 1.807) is 0 Å². The molecule has 0 fully saturated rings. The van der Waals surface area contributed by atoms with Gasteiger partial charge in [-0.1, -0.05) is 48.5 Å². The lowest BCUT2D eigenvalue weighted by Crippen LogP contribution is -1.97. The van der Waals surface area contributed by atoms with E-state index in [1.807, 2.05) is 80.8 Å². The molecule has 0 aliphatic rings. The van der Waals surface area contributed by atoms with Crippen LogP contribution in [0.5, 0.6) is 23.0 Å². The van der Waals surface area contributed by atoms with Crippen LogP contribution >= 0.6 is 0 Å². The van der Waals surface area contributed by atoms with Gasteiger partial charge < -0.3 is 9.47 Å². The molecule has 5 aromatic carbocycles. The van der Waals surface area contributed by atoms with Gasteiger partial charge in [-0.05, 0) is 85.6 Å². The van der Waals surface area contributed by atoms with E-state index >= 15 is 0 Å². The van der Waals surface area contributed by atoms with Crippen LogP contribution < -0.4 is 9.47 Å². The summed E-state index contributed by atoms with van der Waals surface area (Å²) in [6, 6.07) is 43.0. The van der Waals surface area contributed by atoms with Crippen molar-refractivity contribution >= 4 is 43.6 Å². The van der Waals surface area contributed by atoms with Gasteiger partial charge in [0.05, 0.1) is 22.1 Å². The highest BCUT2D eigenvalue weighted by Crippen LogP contribution is 2.39. The Kier molecular flexibility index (Phi) is 7.36. The first-order chi connectivity index (χ1) is 26.6. The summed E-state index contributed by atoms with van der Waals surface area (Å²) in [4.78, 5) is 22.4. The van der Waals surface area contributed by atoms with Crippen LogP contribution in [0.3, 0.4) is 0 Å². The van der Waals surface area contributed by atoms with E-state index in [2.05, 4.69) is 96.9 Å². The maximum atomic E-state index is 6.63. The Bertz CT molecular complexity index is 2820. The van der Waals surface area contributed by atoms with Gasteiger partial charge in [-0.15, -0.1) is 0 Å². The van der Waals surface area contributed by atoms with Gasteiger partial charge in [0.2, 0.25) is 0 Å². The number of ether oxygens (including phenoxy) is 2. The molecule has 258 valence electrons. The number of aryl methyl sites for hydroxylation is 2. The summed E-state index contributed by atoms with van der Waals surface area (Å²) in [7, 11) is 0. The molecule has 0 saturated heterocycles. The Morgan fingerprint density at radius 2 is 0.907 bits per heavy atom. The van der Waals surface area contributed by atoms with Crippen LogP contribution in [-0.2, 0) is 0 Å². The van der Waals surface area contributed by atoms with E-state index in [1.165, 1.54) is 12.7 Å². The molecule has 0 N–H and O–H groups in total. The number of para-hydroxylation sites is 2. The maximum absolute atomic E-state index is 6.63. The van der Waals surface area contributed by atoms with E-state index in [0.717, 1.165) is 71.9 Å². The Labute approximate surface area is 309 Å². The predicted molar refractivity (Wildman–Crippen MR) is 212 cm³/mol. The fourth-order valence-electron chi connectivity index (χ4n) is 7.19. The van der Waals surface area contributed by atoms with E-state index in [4.69, 9.17) is 19.4 Å². The topological polar surface area (TPSA) is 92.8 Å². The number of hydrogen-bond acceptors (Lipinski definition) is 7. The molecule has 0 atom stereocenters. The summed E-state index contributed by atoms with van der Waals surface area (Å²) >= 11 is 0. The van der Waals surface area contributed by atoms with Crippen LogP contribution in [0.2, 0.25) is 0 Å². The third kappa shape index (κ3) is 5.46.